The number of thiazole rings is 1. The van der Waals surface area contributed by atoms with E-state index in [9.17, 15) is 4.39 Å². The molecule has 1 aromatic heterocycles. The van der Waals surface area contributed by atoms with Crippen LogP contribution in [0.5, 0.6) is 5.75 Å². The van der Waals surface area contributed by atoms with Crippen molar-refractivity contribution in [3.63, 3.8) is 0 Å². The average Bonchev–Trinajstić information content (AvgIpc) is 2.72. The zero-order chi connectivity index (χ0) is 13.0. The van der Waals surface area contributed by atoms with Gasteiger partial charge in [-0.1, -0.05) is 12.1 Å². The molecule has 2 aromatic rings. The third kappa shape index (κ3) is 2.84. The molecule has 0 N–H and O–H groups in total. The van der Waals surface area contributed by atoms with Gasteiger partial charge in [0, 0.05) is 6.42 Å². The molecule has 0 fully saturated rings. The van der Waals surface area contributed by atoms with Gasteiger partial charge in [-0.3, -0.25) is 0 Å². The molecule has 0 atom stereocenters. The highest BCUT2D eigenvalue weighted by Gasteiger charge is 2.07. The van der Waals surface area contributed by atoms with Crippen molar-refractivity contribution in [2.45, 2.75) is 13.3 Å². The maximum Gasteiger partial charge on any atom is 0.165 e. The van der Waals surface area contributed by atoms with Crippen molar-refractivity contribution in [2.75, 3.05) is 6.61 Å². The summed E-state index contributed by atoms with van der Waals surface area (Å²) in [5.41, 5.74) is 0.739. The van der Waals surface area contributed by atoms with Gasteiger partial charge >= 0.3 is 0 Å². The molecule has 0 amide bonds. The summed E-state index contributed by atoms with van der Waals surface area (Å²) in [5.74, 6) is -0.128. The normalized spacial score (nSPS) is 10.1. The smallest absolute Gasteiger partial charge is 0.165 e. The third-order valence-electron chi connectivity index (χ3n) is 2.35. The van der Waals surface area contributed by atoms with E-state index in [1.807, 2.05) is 0 Å². The SMILES string of the molecule is Cc1nc(CCOc2ccccc2F)sc1C#N. The van der Waals surface area contributed by atoms with E-state index in [0.29, 0.717) is 17.9 Å². The molecule has 1 heterocycles. The van der Waals surface area contributed by atoms with Gasteiger partial charge in [0.05, 0.1) is 17.3 Å². The van der Waals surface area contributed by atoms with Crippen LogP contribution in [0.15, 0.2) is 24.3 Å². The van der Waals surface area contributed by atoms with Crippen molar-refractivity contribution >= 4 is 11.3 Å². The van der Waals surface area contributed by atoms with Crippen LogP contribution < -0.4 is 4.74 Å². The lowest BCUT2D eigenvalue weighted by Crippen LogP contribution is -2.02. The predicted octanol–water partition coefficient (Wildman–Crippen LogP) is 3.08. The number of ether oxygens (including phenoxy) is 1. The highest BCUT2D eigenvalue weighted by atomic mass is 32.1. The number of para-hydroxylation sites is 1. The number of aromatic nitrogens is 1. The Morgan fingerprint density at radius 2 is 2.22 bits per heavy atom. The Bertz CT molecular complexity index is 589. The molecule has 0 saturated carbocycles. The maximum atomic E-state index is 13.3. The van der Waals surface area contributed by atoms with Crippen molar-refractivity contribution in [3.05, 3.63) is 45.7 Å². The van der Waals surface area contributed by atoms with Crippen molar-refractivity contribution in [1.82, 2.24) is 4.98 Å². The second-order valence-corrected chi connectivity index (χ2v) is 4.75. The second kappa shape index (κ2) is 5.61. The summed E-state index contributed by atoms with van der Waals surface area (Å²) in [4.78, 5) is 4.88. The largest absolute Gasteiger partial charge is 0.490 e. The van der Waals surface area contributed by atoms with Crippen LogP contribution in [0.3, 0.4) is 0 Å². The minimum absolute atomic E-state index is 0.242. The Balaban J connectivity index is 1.93. The number of rotatable bonds is 4. The van der Waals surface area contributed by atoms with Crippen molar-refractivity contribution in [2.24, 2.45) is 0 Å². The Hall–Kier alpha value is -1.93. The lowest BCUT2D eigenvalue weighted by Gasteiger charge is -2.05. The standard InChI is InChI=1S/C13H11FN2OS/c1-9-12(8-15)18-13(16-9)6-7-17-11-5-3-2-4-10(11)14/h2-5H,6-7H2,1H3. The van der Waals surface area contributed by atoms with E-state index in [4.69, 9.17) is 10.00 Å². The van der Waals surface area contributed by atoms with Gasteiger partial charge in [0.25, 0.3) is 0 Å². The van der Waals surface area contributed by atoms with Crippen LogP contribution in [0.25, 0.3) is 0 Å². The summed E-state index contributed by atoms with van der Waals surface area (Å²) in [6.45, 7) is 2.15. The van der Waals surface area contributed by atoms with Crippen LogP contribution in [0.2, 0.25) is 0 Å². The van der Waals surface area contributed by atoms with Gasteiger partial charge in [0.15, 0.2) is 11.6 Å². The van der Waals surface area contributed by atoms with Gasteiger partial charge < -0.3 is 4.74 Å². The Labute approximate surface area is 108 Å². The lowest BCUT2D eigenvalue weighted by molar-refractivity contribution is 0.305. The van der Waals surface area contributed by atoms with Crippen LogP contribution in [0.1, 0.15) is 15.6 Å². The molecule has 0 saturated heterocycles. The summed E-state index contributed by atoms with van der Waals surface area (Å²) in [6, 6.07) is 8.37. The monoisotopic (exact) mass is 262 g/mol. The summed E-state index contributed by atoms with van der Waals surface area (Å²) < 4.78 is 18.6. The molecule has 0 bridgehead atoms. The number of hydrogen-bond donors (Lipinski definition) is 0. The molecule has 0 aliphatic carbocycles. The zero-order valence-corrected chi connectivity index (χ0v) is 10.6. The Morgan fingerprint density at radius 3 is 2.89 bits per heavy atom. The first-order valence-corrected chi connectivity index (χ1v) is 6.26. The summed E-state index contributed by atoms with van der Waals surface area (Å²) in [5, 5.41) is 9.64. The summed E-state index contributed by atoms with van der Waals surface area (Å²) in [6.07, 6.45) is 0.571. The maximum absolute atomic E-state index is 13.3. The first-order chi connectivity index (χ1) is 8.70. The van der Waals surface area contributed by atoms with Gasteiger partial charge in [-0.2, -0.15) is 5.26 Å². The number of aryl methyl sites for hydroxylation is 1. The van der Waals surface area contributed by atoms with Crippen molar-refractivity contribution in [1.29, 1.82) is 5.26 Å². The van der Waals surface area contributed by atoms with E-state index in [0.717, 1.165) is 10.7 Å². The van der Waals surface area contributed by atoms with Crippen LogP contribution in [-0.4, -0.2) is 11.6 Å². The quantitative estimate of drug-likeness (QED) is 0.850. The van der Waals surface area contributed by atoms with E-state index in [-0.39, 0.29) is 11.6 Å². The van der Waals surface area contributed by atoms with E-state index < -0.39 is 0 Å². The van der Waals surface area contributed by atoms with Crippen molar-refractivity contribution < 1.29 is 9.13 Å². The fourth-order valence-corrected chi connectivity index (χ4v) is 2.32. The first kappa shape index (κ1) is 12.5. The molecular weight excluding hydrogens is 251 g/mol. The number of benzene rings is 1. The van der Waals surface area contributed by atoms with Crippen LogP contribution in [0, 0.1) is 24.1 Å². The lowest BCUT2D eigenvalue weighted by atomic mass is 10.3. The topological polar surface area (TPSA) is 45.9 Å². The Morgan fingerprint density at radius 1 is 1.44 bits per heavy atom. The molecule has 0 aliphatic heterocycles. The van der Waals surface area contributed by atoms with E-state index in [2.05, 4.69) is 11.1 Å². The zero-order valence-electron chi connectivity index (χ0n) is 9.81. The summed E-state index contributed by atoms with van der Waals surface area (Å²) in [7, 11) is 0. The number of nitriles is 1. The van der Waals surface area contributed by atoms with E-state index in [1.54, 1.807) is 25.1 Å². The average molecular weight is 262 g/mol. The number of nitrogens with zero attached hydrogens (tertiary/aromatic N) is 2. The molecule has 2 rings (SSSR count). The van der Waals surface area contributed by atoms with Gasteiger partial charge in [-0.05, 0) is 19.1 Å². The van der Waals surface area contributed by atoms with Gasteiger partial charge in [-0.15, -0.1) is 11.3 Å². The minimum atomic E-state index is -0.370. The highest BCUT2D eigenvalue weighted by molar-refractivity contribution is 7.12. The second-order valence-electron chi connectivity index (χ2n) is 3.66. The molecule has 0 aliphatic rings. The van der Waals surface area contributed by atoms with E-state index >= 15 is 0 Å². The fraction of sp³-hybridized carbons (Fsp3) is 0.231. The van der Waals surface area contributed by atoms with Gasteiger partial charge in [0.2, 0.25) is 0 Å². The molecule has 92 valence electrons. The van der Waals surface area contributed by atoms with Crippen molar-refractivity contribution in [3.8, 4) is 11.8 Å². The molecular formula is C13H11FN2OS. The van der Waals surface area contributed by atoms with E-state index in [1.165, 1.54) is 17.4 Å². The molecule has 1 aromatic carbocycles. The Kier molecular flexibility index (Phi) is 3.90. The predicted molar refractivity (Wildman–Crippen MR) is 67.2 cm³/mol. The van der Waals surface area contributed by atoms with Crippen LogP contribution in [-0.2, 0) is 6.42 Å². The molecule has 0 radical (unpaired) electrons. The van der Waals surface area contributed by atoms with Gasteiger partial charge in [-0.25, -0.2) is 9.37 Å². The third-order valence-corrected chi connectivity index (χ3v) is 3.47. The molecule has 3 nitrogen and oxygen atoms in total. The fourth-order valence-electron chi connectivity index (χ4n) is 1.47. The molecule has 0 unspecified atom stereocenters. The molecule has 5 heteroatoms. The number of halogens is 1. The first-order valence-electron chi connectivity index (χ1n) is 5.44. The summed E-state index contributed by atoms with van der Waals surface area (Å²) >= 11 is 1.35. The van der Waals surface area contributed by atoms with Gasteiger partial charge in [0.1, 0.15) is 10.9 Å². The van der Waals surface area contributed by atoms with Crippen LogP contribution >= 0.6 is 11.3 Å². The number of hydrogen-bond acceptors (Lipinski definition) is 4. The van der Waals surface area contributed by atoms with Crippen LogP contribution in [0.4, 0.5) is 4.39 Å². The molecule has 18 heavy (non-hydrogen) atoms. The highest BCUT2D eigenvalue weighted by Crippen LogP contribution is 2.19. The molecule has 0 spiro atoms. The minimum Gasteiger partial charge on any atom is -0.490 e.